The number of rotatable bonds is 5. The van der Waals surface area contributed by atoms with E-state index >= 15 is 0 Å². The van der Waals surface area contributed by atoms with Crippen molar-refractivity contribution in [2.24, 2.45) is 0 Å². The van der Waals surface area contributed by atoms with E-state index in [2.05, 4.69) is 0 Å². The summed E-state index contributed by atoms with van der Waals surface area (Å²) in [6.07, 6.45) is 6.60. The second-order valence-electron chi connectivity index (χ2n) is 6.57. The van der Waals surface area contributed by atoms with Crippen molar-refractivity contribution in [2.75, 3.05) is 13.7 Å². The van der Waals surface area contributed by atoms with Crippen molar-refractivity contribution in [3.63, 3.8) is 0 Å². The van der Waals surface area contributed by atoms with Crippen LogP contribution in [0.15, 0.2) is 48.4 Å². The summed E-state index contributed by atoms with van der Waals surface area (Å²) in [7, 11) is 1.49. The van der Waals surface area contributed by atoms with E-state index in [1.807, 2.05) is 24.3 Å². The minimum atomic E-state index is -0.341. The second-order valence-corrected chi connectivity index (χ2v) is 6.57. The number of aryl methyl sites for hydroxylation is 1. The number of phenols is 1. The van der Waals surface area contributed by atoms with Gasteiger partial charge in [0.05, 0.1) is 7.11 Å². The maximum absolute atomic E-state index is 12.2. The van der Waals surface area contributed by atoms with Gasteiger partial charge in [-0.25, -0.2) is 0 Å². The number of carbonyl (C=O) groups excluding carboxylic acids is 1. The Morgan fingerprint density at radius 2 is 2.11 bits per heavy atom. The van der Waals surface area contributed by atoms with Crippen LogP contribution >= 0.6 is 0 Å². The Balaban J connectivity index is 1.36. The van der Waals surface area contributed by atoms with E-state index in [1.165, 1.54) is 13.4 Å². The van der Waals surface area contributed by atoms with E-state index in [4.69, 9.17) is 18.9 Å². The molecule has 2 aliphatic rings. The highest BCUT2D eigenvalue weighted by atomic mass is 16.6. The number of fused-ring (bicyclic) bond motifs is 2. The van der Waals surface area contributed by atoms with Crippen molar-refractivity contribution >= 4 is 12.0 Å². The first-order valence-corrected chi connectivity index (χ1v) is 9.01. The van der Waals surface area contributed by atoms with Gasteiger partial charge in [-0.15, -0.1) is 0 Å². The summed E-state index contributed by atoms with van der Waals surface area (Å²) in [6, 6.07) is 8.86. The summed E-state index contributed by atoms with van der Waals surface area (Å²) < 4.78 is 21.7. The normalized spacial score (nSPS) is 14.1. The number of hydrogen-bond acceptors (Lipinski definition) is 6. The maximum atomic E-state index is 12.2. The molecule has 6 nitrogen and oxygen atoms in total. The predicted molar refractivity (Wildman–Crippen MR) is 102 cm³/mol. The Bertz CT molecular complexity index is 973. The van der Waals surface area contributed by atoms with E-state index in [0.29, 0.717) is 36.7 Å². The van der Waals surface area contributed by atoms with Crippen LogP contribution in [-0.4, -0.2) is 24.8 Å². The molecule has 4 rings (SSSR count). The average Bonchev–Trinajstić information content (AvgIpc) is 2.71. The summed E-state index contributed by atoms with van der Waals surface area (Å²) in [5, 5.41) is 9.63. The van der Waals surface area contributed by atoms with Gasteiger partial charge in [0.25, 0.3) is 0 Å². The van der Waals surface area contributed by atoms with Gasteiger partial charge in [-0.2, -0.15) is 0 Å². The number of hydrogen-bond donors (Lipinski definition) is 1. The Morgan fingerprint density at radius 3 is 2.96 bits per heavy atom. The lowest BCUT2D eigenvalue weighted by atomic mass is 10.0. The molecular weight excluding hydrogens is 360 g/mol. The zero-order chi connectivity index (χ0) is 19.5. The fourth-order valence-corrected chi connectivity index (χ4v) is 3.18. The molecule has 2 aromatic rings. The highest BCUT2D eigenvalue weighted by Crippen LogP contribution is 2.36. The number of carbonyl (C=O) groups is 1. The molecule has 28 heavy (non-hydrogen) atoms. The number of methoxy groups -OCH3 is 1. The predicted octanol–water partition coefficient (Wildman–Crippen LogP) is 3.76. The van der Waals surface area contributed by atoms with Gasteiger partial charge in [0, 0.05) is 30.0 Å². The third-order valence-electron chi connectivity index (χ3n) is 4.61. The third-order valence-corrected chi connectivity index (χ3v) is 4.61. The van der Waals surface area contributed by atoms with Gasteiger partial charge in [0.15, 0.2) is 11.5 Å². The van der Waals surface area contributed by atoms with E-state index in [9.17, 15) is 9.90 Å². The van der Waals surface area contributed by atoms with Crippen LogP contribution in [0.25, 0.3) is 6.08 Å². The van der Waals surface area contributed by atoms with Crippen molar-refractivity contribution in [1.82, 2.24) is 0 Å². The zero-order valence-corrected chi connectivity index (χ0v) is 15.4. The molecule has 0 amide bonds. The number of ether oxygens (including phenoxy) is 4. The average molecular weight is 380 g/mol. The Morgan fingerprint density at radius 1 is 1.21 bits per heavy atom. The van der Waals surface area contributed by atoms with Gasteiger partial charge < -0.3 is 24.1 Å². The minimum absolute atomic E-state index is 0.0689. The van der Waals surface area contributed by atoms with Gasteiger partial charge >= 0.3 is 5.97 Å². The van der Waals surface area contributed by atoms with Crippen LogP contribution in [0.5, 0.6) is 23.0 Å². The topological polar surface area (TPSA) is 74.2 Å². The Hall–Kier alpha value is -3.41. The molecule has 6 heteroatoms. The lowest BCUT2D eigenvalue weighted by Gasteiger charge is -2.20. The zero-order valence-electron chi connectivity index (χ0n) is 15.4. The smallest absolute Gasteiger partial charge is 0.311 e. The number of esters is 1. The van der Waals surface area contributed by atoms with E-state index in [0.717, 1.165) is 22.4 Å². The van der Waals surface area contributed by atoms with Crippen molar-refractivity contribution in [2.45, 2.75) is 19.3 Å². The van der Waals surface area contributed by atoms with Crippen LogP contribution in [-0.2, 0) is 22.4 Å². The van der Waals surface area contributed by atoms with Crippen molar-refractivity contribution in [1.29, 1.82) is 0 Å². The molecule has 0 spiro atoms. The lowest BCUT2D eigenvalue weighted by Crippen LogP contribution is -2.12. The molecule has 2 heterocycles. The first-order chi connectivity index (χ1) is 13.6. The molecule has 2 aromatic carbocycles. The van der Waals surface area contributed by atoms with Crippen molar-refractivity contribution in [3.05, 3.63) is 65.1 Å². The molecule has 0 atom stereocenters. The van der Waals surface area contributed by atoms with Crippen molar-refractivity contribution in [3.8, 4) is 23.0 Å². The highest BCUT2D eigenvalue weighted by Gasteiger charge is 2.20. The van der Waals surface area contributed by atoms with Crippen LogP contribution in [0.4, 0.5) is 0 Å². The lowest BCUT2D eigenvalue weighted by molar-refractivity contribution is -0.139. The molecule has 0 aromatic heterocycles. The highest BCUT2D eigenvalue weighted by molar-refractivity contribution is 5.71. The first-order valence-electron chi connectivity index (χ1n) is 9.01. The van der Waals surface area contributed by atoms with E-state index in [-0.39, 0.29) is 18.1 Å². The molecule has 0 fully saturated rings. The Labute approximate surface area is 162 Å². The summed E-state index contributed by atoms with van der Waals surface area (Å²) in [5.74, 6) is 2.09. The molecule has 0 saturated heterocycles. The molecule has 0 aliphatic carbocycles. The molecule has 0 unspecified atom stereocenters. The molecule has 144 valence electrons. The van der Waals surface area contributed by atoms with Crippen LogP contribution in [0.2, 0.25) is 0 Å². The van der Waals surface area contributed by atoms with E-state index < -0.39 is 0 Å². The summed E-state index contributed by atoms with van der Waals surface area (Å²) >= 11 is 0. The van der Waals surface area contributed by atoms with Gasteiger partial charge in [-0.1, -0.05) is 12.1 Å². The SMILES string of the molecule is COc1cc(CCC(=O)OC2=COc3cc4c(cc3C2)C=CCO4)ccc1O. The molecule has 0 radical (unpaired) electrons. The molecule has 0 saturated carbocycles. The first kappa shape index (κ1) is 18.0. The van der Waals surface area contributed by atoms with Crippen molar-refractivity contribution < 1.29 is 28.8 Å². The third kappa shape index (κ3) is 3.81. The van der Waals surface area contributed by atoms with Crippen LogP contribution in [0.1, 0.15) is 23.1 Å². The molecule has 1 N–H and O–H groups in total. The number of benzene rings is 2. The number of aromatic hydroxyl groups is 1. The summed E-state index contributed by atoms with van der Waals surface area (Å²) in [6.45, 7) is 0.553. The van der Waals surface area contributed by atoms with Gasteiger partial charge in [-0.3, -0.25) is 4.79 Å². The number of phenolic OH excluding ortho intramolecular Hbond substituents is 1. The summed E-state index contributed by atoms with van der Waals surface area (Å²) in [4.78, 5) is 12.2. The van der Waals surface area contributed by atoms with Crippen LogP contribution < -0.4 is 14.2 Å². The molecular formula is C22H20O6. The Kier molecular flexibility index (Phi) is 4.93. The van der Waals surface area contributed by atoms with E-state index in [1.54, 1.807) is 18.2 Å². The van der Waals surface area contributed by atoms with Crippen LogP contribution in [0.3, 0.4) is 0 Å². The molecule has 0 bridgehead atoms. The number of allylic oxidation sites excluding steroid dienone is 1. The standard InChI is InChI=1S/C22H20O6/c1-25-21-9-14(4-6-18(21)23)5-7-22(24)28-17-11-16-10-15-3-2-8-26-19(15)12-20(16)27-13-17/h2-4,6,9-10,12-13,23H,5,7-8,11H2,1H3. The fraction of sp³-hybridized carbons (Fsp3) is 0.227. The monoisotopic (exact) mass is 380 g/mol. The largest absolute Gasteiger partial charge is 0.504 e. The maximum Gasteiger partial charge on any atom is 0.311 e. The molecule has 2 aliphatic heterocycles. The van der Waals surface area contributed by atoms with Gasteiger partial charge in [-0.05, 0) is 36.3 Å². The van der Waals surface area contributed by atoms with Gasteiger partial charge in [0.2, 0.25) is 0 Å². The quantitative estimate of drug-likeness (QED) is 0.796. The summed E-state index contributed by atoms with van der Waals surface area (Å²) in [5.41, 5.74) is 2.81. The van der Waals surface area contributed by atoms with Crippen LogP contribution in [0, 0.1) is 0 Å². The second kappa shape index (κ2) is 7.68. The van der Waals surface area contributed by atoms with Gasteiger partial charge in [0.1, 0.15) is 30.1 Å². The minimum Gasteiger partial charge on any atom is -0.504 e. The fourth-order valence-electron chi connectivity index (χ4n) is 3.18.